The Labute approximate surface area is 116 Å². The fourth-order valence-corrected chi connectivity index (χ4v) is 2.65. The molecule has 1 saturated heterocycles. The number of hydrogen-bond donors (Lipinski definition) is 2. The average molecular weight is 312 g/mol. The van der Waals surface area contributed by atoms with Crippen molar-refractivity contribution in [3.8, 4) is 0 Å². The van der Waals surface area contributed by atoms with Gasteiger partial charge in [-0.2, -0.15) is 0 Å². The van der Waals surface area contributed by atoms with E-state index in [0.717, 1.165) is 36.1 Å². The molecule has 1 fully saturated rings. The second-order valence-electron chi connectivity index (χ2n) is 4.78. The maximum Gasteiger partial charge on any atom is 0.248 e. The summed E-state index contributed by atoms with van der Waals surface area (Å²) in [6.07, 6.45) is 2.28. The highest BCUT2D eigenvalue weighted by atomic mass is 79.9. The number of carbonyl (C=O) groups excluding carboxylic acids is 1. The SMILES string of the molecule is CN1CCC(Nc2ccc(C(N)=O)cc2Br)CC1. The molecule has 0 radical (unpaired) electrons. The predicted octanol–water partition coefficient (Wildman–Crippen LogP) is 2.05. The molecule has 2 rings (SSSR count). The number of carbonyl (C=O) groups is 1. The first-order chi connectivity index (χ1) is 8.56. The zero-order valence-electron chi connectivity index (χ0n) is 10.4. The molecule has 0 aromatic heterocycles. The second kappa shape index (κ2) is 5.71. The van der Waals surface area contributed by atoms with E-state index >= 15 is 0 Å². The Balaban J connectivity index is 2.03. The molecule has 1 heterocycles. The van der Waals surface area contributed by atoms with Gasteiger partial charge in [-0.15, -0.1) is 0 Å². The fourth-order valence-electron chi connectivity index (χ4n) is 2.16. The minimum atomic E-state index is -0.401. The Bertz CT molecular complexity index is 442. The van der Waals surface area contributed by atoms with Crippen LogP contribution in [-0.4, -0.2) is 37.0 Å². The van der Waals surface area contributed by atoms with Gasteiger partial charge in [-0.25, -0.2) is 0 Å². The zero-order valence-corrected chi connectivity index (χ0v) is 12.0. The molecule has 0 atom stereocenters. The molecule has 0 unspecified atom stereocenters. The minimum absolute atomic E-state index is 0.401. The molecule has 1 aliphatic rings. The molecule has 98 valence electrons. The molecule has 5 heteroatoms. The number of anilines is 1. The molecule has 0 spiro atoms. The van der Waals surface area contributed by atoms with Crippen molar-refractivity contribution in [2.75, 3.05) is 25.5 Å². The summed E-state index contributed by atoms with van der Waals surface area (Å²) in [6.45, 7) is 2.24. The molecule has 0 saturated carbocycles. The van der Waals surface area contributed by atoms with Gasteiger partial charge in [-0.1, -0.05) is 0 Å². The second-order valence-corrected chi connectivity index (χ2v) is 5.64. The van der Waals surface area contributed by atoms with Crippen LogP contribution in [-0.2, 0) is 0 Å². The molecule has 1 amide bonds. The Hall–Kier alpha value is -1.07. The molecule has 0 bridgehead atoms. The number of nitrogens with one attached hydrogen (secondary N) is 1. The maximum absolute atomic E-state index is 11.1. The summed E-state index contributed by atoms with van der Waals surface area (Å²) >= 11 is 3.47. The summed E-state index contributed by atoms with van der Waals surface area (Å²) in [6, 6.07) is 5.92. The highest BCUT2D eigenvalue weighted by Gasteiger charge is 2.17. The minimum Gasteiger partial charge on any atom is -0.381 e. The molecule has 1 aromatic carbocycles. The first-order valence-corrected chi connectivity index (χ1v) is 6.90. The van der Waals surface area contributed by atoms with Gasteiger partial charge in [0.1, 0.15) is 0 Å². The monoisotopic (exact) mass is 311 g/mol. The lowest BCUT2D eigenvalue weighted by Crippen LogP contribution is -2.36. The lowest BCUT2D eigenvalue weighted by molar-refractivity contribution is 0.100. The van der Waals surface area contributed by atoms with Crippen molar-refractivity contribution in [1.29, 1.82) is 0 Å². The van der Waals surface area contributed by atoms with Crippen molar-refractivity contribution >= 4 is 27.5 Å². The van der Waals surface area contributed by atoms with E-state index in [9.17, 15) is 4.79 Å². The molecule has 1 aromatic rings. The Kier molecular flexibility index (Phi) is 4.24. The van der Waals surface area contributed by atoms with Crippen LogP contribution < -0.4 is 11.1 Å². The highest BCUT2D eigenvalue weighted by molar-refractivity contribution is 9.10. The van der Waals surface area contributed by atoms with Gasteiger partial charge in [-0.3, -0.25) is 4.79 Å². The number of nitrogens with zero attached hydrogens (tertiary/aromatic N) is 1. The Morgan fingerprint density at radius 2 is 2.11 bits per heavy atom. The summed E-state index contributed by atoms with van der Waals surface area (Å²) in [5.74, 6) is -0.401. The number of amides is 1. The number of piperidine rings is 1. The average Bonchev–Trinajstić information content (AvgIpc) is 2.34. The molecule has 18 heavy (non-hydrogen) atoms. The Morgan fingerprint density at radius 3 is 2.67 bits per heavy atom. The first-order valence-electron chi connectivity index (χ1n) is 6.10. The summed E-state index contributed by atoms with van der Waals surface area (Å²) in [7, 11) is 2.15. The van der Waals surface area contributed by atoms with Crippen LogP contribution in [0, 0.1) is 0 Å². The van der Waals surface area contributed by atoms with Gasteiger partial charge >= 0.3 is 0 Å². The molecule has 3 N–H and O–H groups in total. The van der Waals surface area contributed by atoms with Gasteiger partial charge in [-0.05, 0) is 67.1 Å². The van der Waals surface area contributed by atoms with Crippen molar-refractivity contribution in [2.24, 2.45) is 5.73 Å². The van der Waals surface area contributed by atoms with Crippen LogP contribution in [0.5, 0.6) is 0 Å². The van der Waals surface area contributed by atoms with Gasteiger partial charge in [0.05, 0.1) is 0 Å². The number of benzene rings is 1. The number of nitrogens with two attached hydrogens (primary N) is 1. The summed E-state index contributed by atoms with van der Waals surface area (Å²) in [5, 5.41) is 3.51. The topological polar surface area (TPSA) is 58.4 Å². The summed E-state index contributed by atoms with van der Waals surface area (Å²) < 4.78 is 0.887. The van der Waals surface area contributed by atoms with Gasteiger partial charge < -0.3 is 16.0 Å². The zero-order chi connectivity index (χ0) is 13.1. The van der Waals surface area contributed by atoms with E-state index in [0.29, 0.717) is 11.6 Å². The lowest BCUT2D eigenvalue weighted by Gasteiger charge is -2.30. The van der Waals surface area contributed by atoms with E-state index in [1.807, 2.05) is 6.07 Å². The van der Waals surface area contributed by atoms with Crippen LogP contribution in [0.4, 0.5) is 5.69 Å². The van der Waals surface area contributed by atoms with Crippen molar-refractivity contribution in [1.82, 2.24) is 4.90 Å². The number of rotatable bonds is 3. The maximum atomic E-state index is 11.1. The van der Waals surface area contributed by atoms with E-state index in [4.69, 9.17) is 5.73 Å². The standard InChI is InChI=1S/C13H18BrN3O/c1-17-6-4-10(5-7-17)16-12-3-2-9(13(15)18)8-11(12)14/h2-3,8,10,16H,4-7H2,1H3,(H2,15,18). The van der Waals surface area contributed by atoms with Crippen molar-refractivity contribution in [3.63, 3.8) is 0 Å². The quantitative estimate of drug-likeness (QED) is 0.898. The van der Waals surface area contributed by atoms with Gasteiger partial charge in [0, 0.05) is 21.8 Å². The van der Waals surface area contributed by atoms with Crippen LogP contribution in [0.2, 0.25) is 0 Å². The van der Waals surface area contributed by atoms with Crippen molar-refractivity contribution < 1.29 is 4.79 Å². The first kappa shape index (κ1) is 13.4. The van der Waals surface area contributed by atoms with Gasteiger partial charge in [0.25, 0.3) is 0 Å². The van der Waals surface area contributed by atoms with E-state index < -0.39 is 5.91 Å². The highest BCUT2D eigenvalue weighted by Crippen LogP contribution is 2.26. The molecular formula is C13H18BrN3O. The van der Waals surface area contributed by atoms with Crippen molar-refractivity contribution in [2.45, 2.75) is 18.9 Å². The van der Waals surface area contributed by atoms with Crippen LogP contribution in [0.1, 0.15) is 23.2 Å². The number of primary amides is 1. The van der Waals surface area contributed by atoms with Crippen LogP contribution >= 0.6 is 15.9 Å². The van der Waals surface area contributed by atoms with E-state index in [1.165, 1.54) is 0 Å². The number of hydrogen-bond acceptors (Lipinski definition) is 3. The van der Waals surface area contributed by atoms with E-state index in [-0.39, 0.29) is 0 Å². The Morgan fingerprint density at radius 1 is 1.44 bits per heavy atom. The smallest absolute Gasteiger partial charge is 0.248 e. The summed E-state index contributed by atoms with van der Waals surface area (Å²) in [5.41, 5.74) is 6.79. The molecule has 1 aliphatic heterocycles. The molecule has 0 aliphatic carbocycles. The third-order valence-corrected chi connectivity index (χ3v) is 3.99. The fraction of sp³-hybridized carbons (Fsp3) is 0.462. The van der Waals surface area contributed by atoms with Crippen LogP contribution in [0.3, 0.4) is 0 Å². The largest absolute Gasteiger partial charge is 0.381 e. The molecular weight excluding hydrogens is 294 g/mol. The van der Waals surface area contributed by atoms with E-state index in [2.05, 4.69) is 33.2 Å². The van der Waals surface area contributed by atoms with Crippen LogP contribution in [0.15, 0.2) is 22.7 Å². The lowest BCUT2D eigenvalue weighted by atomic mass is 10.0. The predicted molar refractivity (Wildman–Crippen MR) is 76.8 cm³/mol. The number of halogens is 1. The van der Waals surface area contributed by atoms with E-state index in [1.54, 1.807) is 12.1 Å². The van der Waals surface area contributed by atoms with Crippen molar-refractivity contribution in [3.05, 3.63) is 28.2 Å². The third-order valence-electron chi connectivity index (χ3n) is 3.33. The summed E-state index contributed by atoms with van der Waals surface area (Å²) in [4.78, 5) is 13.4. The number of likely N-dealkylation sites (tertiary alicyclic amines) is 1. The normalized spacial score (nSPS) is 17.7. The van der Waals surface area contributed by atoms with Crippen LogP contribution in [0.25, 0.3) is 0 Å². The molecule has 4 nitrogen and oxygen atoms in total. The van der Waals surface area contributed by atoms with Gasteiger partial charge in [0.15, 0.2) is 0 Å². The third kappa shape index (κ3) is 3.23. The van der Waals surface area contributed by atoms with Gasteiger partial charge in [0.2, 0.25) is 5.91 Å².